The van der Waals surface area contributed by atoms with Crippen molar-refractivity contribution in [3.8, 4) is 0 Å². The average Bonchev–Trinajstić information content (AvgIpc) is 3.09. The summed E-state index contributed by atoms with van der Waals surface area (Å²) in [7, 11) is 0. The van der Waals surface area contributed by atoms with Gasteiger partial charge in [-0.25, -0.2) is 9.59 Å². The number of amides is 2. The van der Waals surface area contributed by atoms with Crippen LogP contribution in [0.2, 0.25) is 0 Å². The summed E-state index contributed by atoms with van der Waals surface area (Å²) in [5.74, 6) is -0.405. The molecule has 7 nitrogen and oxygen atoms in total. The van der Waals surface area contributed by atoms with E-state index in [0.717, 1.165) is 11.5 Å². The van der Waals surface area contributed by atoms with E-state index in [4.69, 9.17) is 9.84 Å². The molecule has 1 saturated heterocycles. The number of β-amino-alcohol motifs (C(OH)–C–C–N with tert-alkyl or cyclic N) is 1. The van der Waals surface area contributed by atoms with Crippen LogP contribution >= 0.6 is 0 Å². The van der Waals surface area contributed by atoms with Crippen LogP contribution in [0.25, 0.3) is 0 Å². The number of likely N-dealkylation sites (tertiary alicyclic amines) is 1. The molecule has 1 heterocycles. The Balaban J connectivity index is 1.67. The number of carbonyl (C=O) groups is 2. The third-order valence-electron chi connectivity index (χ3n) is 3.40. The fraction of sp³-hybridized carbons (Fsp3) is 0.833. The van der Waals surface area contributed by atoms with Crippen LogP contribution in [0.1, 0.15) is 19.3 Å². The van der Waals surface area contributed by atoms with Gasteiger partial charge in [0.25, 0.3) is 0 Å². The number of nitrogens with zero attached hydrogens (tertiary/aromatic N) is 1. The molecule has 0 aromatic carbocycles. The van der Waals surface area contributed by atoms with Crippen molar-refractivity contribution in [3.05, 3.63) is 0 Å². The maximum Gasteiger partial charge on any atom is 0.326 e. The molecule has 0 unspecified atom stereocenters. The van der Waals surface area contributed by atoms with Crippen LogP contribution in [0.5, 0.6) is 0 Å². The minimum atomic E-state index is -1.09. The summed E-state index contributed by atoms with van der Waals surface area (Å²) < 4.78 is 5.37. The Bertz CT molecular complexity index is 345. The zero-order valence-corrected chi connectivity index (χ0v) is 10.7. The smallest absolute Gasteiger partial charge is 0.326 e. The summed E-state index contributed by atoms with van der Waals surface area (Å²) in [5.41, 5.74) is 0. The Hall–Kier alpha value is -1.34. The minimum Gasteiger partial charge on any atom is -0.480 e. The van der Waals surface area contributed by atoms with Crippen LogP contribution in [-0.4, -0.2) is 65.6 Å². The summed E-state index contributed by atoms with van der Waals surface area (Å²) in [6.07, 6.45) is 1.76. The third-order valence-corrected chi connectivity index (χ3v) is 3.40. The number of aliphatic hydroxyl groups excluding tert-OH is 1. The molecule has 2 aliphatic rings. The van der Waals surface area contributed by atoms with Crippen LogP contribution in [0.3, 0.4) is 0 Å². The molecular formula is C12H20N2O5. The highest BCUT2D eigenvalue weighted by Gasteiger charge is 2.38. The standard InChI is InChI=1S/C12H20N2O5/c15-9-5-10(11(16)17)14(6-9)12(18)13-3-4-19-7-8-1-2-8/h8-10,15H,1-7H2,(H,13,18)(H,16,17)/t9-,10+/m1/s1. The molecule has 1 aliphatic carbocycles. The molecule has 2 fully saturated rings. The zero-order chi connectivity index (χ0) is 13.8. The molecule has 1 saturated carbocycles. The molecule has 0 bridgehead atoms. The van der Waals surface area contributed by atoms with Gasteiger partial charge in [0.1, 0.15) is 6.04 Å². The van der Waals surface area contributed by atoms with Gasteiger partial charge in [0.15, 0.2) is 0 Å². The highest BCUT2D eigenvalue weighted by Crippen LogP contribution is 2.28. The highest BCUT2D eigenvalue weighted by molar-refractivity contribution is 5.83. The van der Waals surface area contributed by atoms with Crippen molar-refractivity contribution >= 4 is 12.0 Å². The highest BCUT2D eigenvalue weighted by atomic mass is 16.5. The van der Waals surface area contributed by atoms with Gasteiger partial charge >= 0.3 is 12.0 Å². The first-order valence-electron chi connectivity index (χ1n) is 6.61. The number of carboxylic acids is 1. The van der Waals surface area contributed by atoms with Gasteiger partial charge in [-0.2, -0.15) is 0 Å². The average molecular weight is 272 g/mol. The second kappa shape index (κ2) is 6.21. The summed E-state index contributed by atoms with van der Waals surface area (Å²) in [6, 6.07) is -1.40. The number of urea groups is 1. The van der Waals surface area contributed by atoms with Crippen LogP contribution < -0.4 is 5.32 Å². The molecule has 0 radical (unpaired) electrons. The quantitative estimate of drug-likeness (QED) is 0.574. The van der Waals surface area contributed by atoms with Gasteiger partial charge < -0.3 is 25.2 Å². The third kappa shape index (κ3) is 4.07. The topological polar surface area (TPSA) is 99.1 Å². The minimum absolute atomic E-state index is 0.0612. The Kier molecular flexibility index (Phi) is 4.60. The van der Waals surface area contributed by atoms with E-state index < -0.39 is 24.1 Å². The van der Waals surface area contributed by atoms with E-state index in [1.807, 2.05) is 0 Å². The molecule has 2 amide bonds. The number of rotatable bonds is 6. The number of nitrogens with one attached hydrogen (secondary N) is 1. The molecule has 2 rings (SSSR count). The van der Waals surface area contributed by atoms with Gasteiger partial charge in [0.2, 0.25) is 0 Å². The molecule has 3 N–H and O–H groups in total. The fourth-order valence-corrected chi connectivity index (χ4v) is 2.14. The summed E-state index contributed by atoms with van der Waals surface area (Å²) in [5, 5.41) is 21.0. The number of hydrogen-bond donors (Lipinski definition) is 3. The molecule has 0 spiro atoms. The van der Waals surface area contributed by atoms with Crippen molar-refractivity contribution < 1.29 is 24.5 Å². The lowest BCUT2D eigenvalue weighted by Crippen LogP contribution is -2.46. The molecule has 2 atom stereocenters. The van der Waals surface area contributed by atoms with E-state index in [1.54, 1.807) is 0 Å². The van der Waals surface area contributed by atoms with Crippen LogP contribution in [-0.2, 0) is 9.53 Å². The van der Waals surface area contributed by atoms with Crippen molar-refractivity contribution in [1.82, 2.24) is 10.2 Å². The zero-order valence-electron chi connectivity index (χ0n) is 10.7. The molecular weight excluding hydrogens is 252 g/mol. The van der Waals surface area contributed by atoms with Crippen molar-refractivity contribution in [1.29, 1.82) is 0 Å². The second-order valence-corrected chi connectivity index (χ2v) is 5.15. The molecule has 1 aliphatic heterocycles. The largest absolute Gasteiger partial charge is 0.480 e. The summed E-state index contributed by atoms with van der Waals surface area (Å²) >= 11 is 0. The first-order valence-corrected chi connectivity index (χ1v) is 6.61. The normalized spacial score (nSPS) is 26.5. The van der Waals surface area contributed by atoms with Crippen LogP contribution in [0, 0.1) is 5.92 Å². The van der Waals surface area contributed by atoms with Crippen molar-refractivity contribution in [2.75, 3.05) is 26.3 Å². The molecule has 108 valence electrons. The Morgan fingerprint density at radius 1 is 1.37 bits per heavy atom. The monoisotopic (exact) mass is 272 g/mol. The number of ether oxygens (including phenoxy) is 1. The Morgan fingerprint density at radius 3 is 2.74 bits per heavy atom. The van der Waals surface area contributed by atoms with E-state index >= 15 is 0 Å². The van der Waals surface area contributed by atoms with Crippen molar-refractivity contribution in [2.24, 2.45) is 5.92 Å². The summed E-state index contributed by atoms with van der Waals surface area (Å²) in [6.45, 7) is 1.57. The first kappa shape index (κ1) is 14.1. The number of aliphatic carboxylic acids is 1. The van der Waals surface area contributed by atoms with Crippen LogP contribution in [0.4, 0.5) is 4.79 Å². The van der Waals surface area contributed by atoms with Crippen molar-refractivity contribution in [2.45, 2.75) is 31.4 Å². The second-order valence-electron chi connectivity index (χ2n) is 5.15. The van der Waals surface area contributed by atoms with Crippen molar-refractivity contribution in [3.63, 3.8) is 0 Å². The summed E-state index contributed by atoms with van der Waals surface area (Å²) in [4.78, 5) is 23.9. The first-order chi connectivity index (χ1) is 9.08. The number of hydrogen-bond acceptors (Lipinski definition) is 4. The van der Waals surface area contributed by atoms with Gasteiger partial charge in [0.05, 0.1) is 12.7 Å². The van der Waals surface area contributed by atoms with Gasteiger partial charge in [-0.05, 0) is 18.8 Å². The van der Waals surface area contributed by atoms with Gasteiger partial charge in [-0.15, -0.1) is 0 Å². The molecule has 19 heavy (non-hydrogen) atoms. The predicted octanol–water partition coefficient (Wildman–Crippen LogP) is -0.358. The lowest BCUT2D eigenvalue weighted by Gasteiger charge is -2.21. The van der Waals surface area contributed by atoms with E-state index in [9.17, 15) is 14.7 Å². The number of carbonyl (C=O) groups excluding carboxylic acids is 1. The van der Waals surface area contributed by atoms with E-state index in [1.165, 1.54) is 12.8 Å². The van der Waals surface area contributed by atoms with E-state index in [2.05, 4.69) is 5.32 Å². The van der Waals surface area contributed by atoms with Crippen LogP contribution in [0.15, 0.2) is 0 Å². The number of aliphatic hydroxyl groups is 1. The SMILES string of the molecule is O=C(O)[C@@H]1C[C@@H](O)CN1C(=O)NCCOCC1CC1. The lowest BCUT2D eigenvalue weighted by atomic mass is 10.2. The van der Waals surface area contributed by atoms with Gasteiger partial charge in [-0.1, -0.05) is 0 Å². The molecule has 7 heteroatoms. The molecule has 0 aromatic rings. The predicted molar refractivity (Wildman–Crippen MR) is 65.7 cm³/mol. The maximum atomic E-state index is 11.8. The fourth-order valence-electron chi connectivity index (χ4n) is 2.14. The van der Waals surface area contributed by atoms with Gasteiger partial charge in [0, 0.05) is 26.1 Å². The Morgan fingerprint density at radius 2 is 2.11 bits per heavy atom. The van der Waals surface area contributed by atoms with Gasteiger partial charge in [-0.3, -0.25) is 0 Å². The lowest BCUT2D eigenvalue weighted by molar-refractivity contribution is -0.141. The molecule has 0 aromatic heterocycles. The van der Waals surface area contributed by atoms with E-state index in [-0.39, 0.29) is 13.0 Å². The van der Waals surface area contributed by atoms with E-state index in [0.29, 0.717) is 19.1 Å². The number of carboxylic acid groups (broad SMARTS) is 1. The maximum absolute atomic E-state index is 11.8. The Labute approximate surface area is 111 Å².